The Morgan fingerprint density at radius 1 is 1.17 bits per heavy atom. The molecular weight excluding hydrogens is 310 g/mol. The maximum absolute atomic E-state index is 12.7. The lowest BCUT2D eigenvalue weighted by Gasteiger charge is -2.40. The Bertz CT molecular complexity index is 652. The van der Waals surface area contributed by atoms with Gasteiger partial charge in [-0.1, -0.05) is 12.8 Å². The maximum Gasteiger partial charge on any atom is 0.269 e. The van der Waals surface area contributed by atoms with E-state index in [-0.39, 0.29) is 23.4 Å². The molecule has 0 aromatic heterocycles. The molecule has 3 rings (SSSR count). The highest BCUT2D eigenvalue weighted by Crippen LogP contribution is 2.29. The van der Waals surface area contributed by atoms with Crippen molar-refractivity contribution in [3.63, 3.8) is 0 Å². The topological polar surface area (TPSA) is 83.8 Å². The molecule has 0 unspecified atom stereocenters. The zero-order chi connectivity index (χ0) is 17.3. The standard InChI is InChI=1S/C17H21N3O4/c1-12-16(21)19(14-6-8-15(9-7-14)20(23)24)11-10-18(12)17(22)13-4-2-3-5-13/h6-9,12-13H,2-5,10-11H2,1H3/t12-/m0/s1. The van der Waals surface area contributed by atoms with Crippen LogP contribution in [0.2, 0.25) is 0 Å². The van der Waals surface area contributed by atoms with Gasteiger partial charge in [-0.05, 0) is 31.9 Å². The summed E-state index contributed by atoms with van der Waals surface area (Å²) in [5.74, 6) is 0.0179. The van der Waals surface area contributed by atoms with Gasteiger partial charge in [0.05, 0.1) is 4.92 Å². The zero-order valence-electron chi connectivity index (χ0n) is 13.7. The number of hydrogen-bond donors (Lipinski definition) is 0. The first kappa shape index (κ1) is 16.4. The number of piperazine rings is 1. The molecule has 0 N–H and O–H groups in total. The van der Waals surface area contributed by atoms with Crippen LogP contribution in [-0.4, -0.2) is 40.8 Å². The summed E-state index contributed by atoms with van der Waals surface area (Å²) in [5, 5.41) is 10.7. The van der Waals surface area contributed by atoms with Crippen LogP contribution in [0.5, 0.6) is 0 Å². The number of nitro groups is 1. The van der Waals surface area contributed by atoms with E-state index in [0.29, 0.717) is 18.8 Å². The van der Waals surface area contributed by atoms with E-state index in [9.17, 15) is 19.7 Å². The number of carbonyl (C=O) groups excluding carboxylic acids is 2. The van der Waals surface area contributed by atoms with Crippen LogP contribution in [0.15, 0.2) is 24.3 Å². The van der Waals surface area contributed by atoms with E-state index in [1.807, 2.05) is 0 Å². The minimum Gasteiger partial charge on any atom is -0.329 e. The summed E-state index contributed by atoms with van der Waals surface area (Å²) in [6, 6.07) is 5.45. The van der Waals surface area contributed by atoms with Crippen molar-refractivity contribution in [2.75, 3.05) is 18.0 Å². The van der Waals surface area contributed by atoms with Crippen molar-refractivity contribution in [1.29, 1.82) is 0 Å². The summed E-state index contributed by atoms with van der Waals surface area (Å²) in [5.41, 5.74) is 0.625. The van der Waals surface area contributed by atoms with Gasteiger partial charge in [-0.2, -0.15) is 0 Å². The van der Waals surface area contributed by atoms with Crippen molar-refractivity contribution in [1.82, 2.24) is 4.90 Å². The van der Waals surface area contributed by atoms with Gasteiger partial charge in [0.2, 0.25) is 11.8 Å². The van der Waals surface area contributed by atoms with Gasteiger partial charge in [0.15, 0.2) is 0 Å². The van der Waals surface area contributed by atoms with Crippen LogP contribution < -0.4 is 4.90 Å². The quantitative estimate of drug-likeness (QED) is 0.628. The molecule has 0 spiro atoms. The van der Waals surface area contributed by atoms with Crippen molar-refractivity contribution in [2.24, 2.45) is 5.92 Å². The molecule has 2 fully saturated rings. The molecule has 2 amide bonds. The Labute approximate surface area is 140 Å². The van der Waals surface area contributed by atoms with Gasteiger partial charge in [-0.25, -0.2) is 0 Å². The molecule has 1 heterocycles. The van der Waals surface area contributed by atoms with Gasteiger partial charge >= 0.3 is 0 Å². The molecule has 7 heteroatoms. The number of carbonyl (C=O) groups is 2. The number of anilines is 1. The molecule has 0 bridgehead atoms. The molecule has 1 saturated heterocycles. The number of amides is 2. The predicted octanol–water partition coefficient (Wildman–Crippen LogP) is 2.35. The van der Waals surface area contributed by atoms with E-state index < -0.39 is 11.0 Å². The smallest absolute Gasteiger partial charge is 0.269 e. The second-order valence-corrected chi connectivity index (χ2v) is 6.45. The third-order valence-electron chi connectivity index (χ3n) is 5.02. The average Bonchev–Trinajstić information content (AvgIpc) is 3.11. The number of rotatable bonds is 3. The average molecular weight is 331 g/mol. The van der Waals surface area contributed by atoms with Crippen LogP contribution in [0, 0.1) is 16.0 Å². The summed E-state index contributed by atoms with van der Waals surface area (Å²) in [6.07, 6.45) is 4.01. The van der Waals surface area contributed by atoms with E-state index in [1.165, 1.54) is 12.1 Å². The zero-order valence-corrected chi connectivity index (χ0v) is 13.7. The molecular formula is C17H21N3O4. The second-order valence-electron chi connectivity index (χ2n) is 6.45. The molecule has 24 heavy (non-hydrogen) atoms. The highest BCUT2D eigenvalue weighted by molar-refractivity contribution is 6.00. The van der Waals surface area contributed by atoms with Crippen molar-refractivity contribution in [3.05, 3.63) is 34.4 Å². The first-order valence-corrected chi connectivity index (χ1v) is 8.35. The number of nitro benzene ring substituents is 1. The summed E-state index contributed by atoms with van der Waals surface area (Å²) in [6.45, 7) is 2.67. The lowest BCUT2D eigenvalue weighted by atomic mass is 10.0. The van der Waals surface area contributed by atoms with E-state index >= 15 is 0 Å². The second kappa shape index (κ2) is 6.59. The Morgan fingerprint density at radius 3 is 2.38 bits per heavy atom. The van der Waals surface area contributed by atoms with Crippen LogP contribution in [0.3, 0.4) is 0 Å². The van der Waals surface area contributed by atoms with Gasteiger partial charge < -0.3 is 9.80 Å². The number of nitrogens with zero attached hydrogens (tertiary/aromatic N) is 3. The lowest BCUT2D eigenvalue weighted by molar-refractivity contribution is -0.384. The summed E-state index contributed by atoms with van der Waals surface area (Å²) in [7, 11) is 0. The molecule has 7 nitrogen and oxygen atoms in total. The highest BCUT2D eigenvalue weighted by atomic mass is 16.6. The normalized spacial score (nSPS) is 22.0. The van der Waals surface area contributed by atoms with Crippen LogP contribution in [0.25, 0.3) is 0 Å². The molecule has 1 atom stereocenters. The number of non-ortho nitro benzene ring substituents is 1. The fourth-order valence-electron chi connectivity index (χ4n) is 3.59. The fourth-order valence-corrected chi connectivity index (χ4v) is 3.59. The summed E-state index contributed by atoms with van der Waals surface area (Å²) in [4.78, 5) is 38.8. The molecule has 1 aliphatic carbocycles. The largest absolute Gasteiger partial charge is 0.329 e. The van der Waals surface area contributed by atoms with Crippen LogP contribution >= 0.6 is 0 Å². The number of benzene rings is 1. The van der Waals surface area contributed by atoms with Crippen LogP contribution in [0.1, 0.15) is 32.6 Å². The van der Waals surface area contributed by atoms with Crippen molar-refractivity contribution in [3.8, 4) is 0 Å². The van der Waals surface area contributed by atoms with Crippen molar-refractivity contribution < 1.29 is 14.5 Å². The van der Waals surface area contributed by atoms with Crippen molar-refractivity contribution in [2.45, 2.75) is 38.6 Å². The lowest BCUT2D eigenvalue weighted by Crippen LogP contribution is -2.58. The molecule has 1 aliphatic heterocycles. The van der Waals surface area contributed by atoms with Gasteiger partial charge in [-0.3, -0.25) is 19.7 Å². The Kier molecular flexibility index (Phi) is 4.51. The molecule has 0 radical (unpaired) electrons. The first-order chi connectivity index (χ1) is 11.5. The van der Waals surface area contributed by atoms with Crippen LogP contribution in [-0.2, 0) is 9.59 Å². The minimum atomic E-state index is -0.498. The SMILES string of the molecule is C[C@H]1C(=O)N(c2ccc([N+](=O)[O-])cc2)CCN1C(=O)C1CCCC1. The fraction of sp³-hybridized carbons (Fsp3) is 0.529. The van der Waals surface area contributed by atoms with E-state index in [1.54, 1.807) is 28.9 Å². The number of hydrogen-bond acceptors (Lipinski definition) is 4. The molecule has 1 aromatic rings. The van der Waals surface area contributed by atoms with E-state index in [4.69, 9.17) is 0 Å². The van der Waals surface area contributed by atoms with Gasteiger partial charge in [-0.15, -0.1) is 0 Å². The first-order valence-electron chi connectivity index (χ1n) is 8.35. The molecule has 128 valence electrons. The van der Waals surface area contributed by atoms with E-state index in [0.717, 1.165) is 25.7 Å². The third-order valence-corrected chi connectivity index (χ3v) is 5.02. The molecule has 1 aromatic carbocycles. The molecule has 1 saturated carbocycles. The van der Waals surface area contributed by atoms with E-state index in [2.05, 4.69) is 0 Å². The summed E-state index contributed by atoms with van der Waals surface area (Å²) >= 11 is 0. The molecule has 2 aliphatic rings. The minimum absolute atomic E-state index is 0.00528. The van der Waals surface area contributed by atoms with Gasteiger partial charge in [0.25, 0.3) is 5.69 Å². The Balaban J connectivity index is 1.72. The van der Waals surface area contributed by atoms with Crippen LogP contribution in [0.4, 0.5) is 11.4 Å². The van der Waals surface area contributed by atoms with Gasteiger partial charge in [0.1, 0.15) is 6.04 Å². The highest BCUT2D eigenvalue weighted by Gasteiger charge is 2.38. The van der Waals surface area contributed by atoms with Gasteiger partial charge in [0, 0.05) is 36.8 Å². The maximum atomic E-state index is 12.7. The Morgan fingerprint density at radius 2 is 1.79 bits per heavy atom. The van der Waals surface area contributed by atoms with Crippen molar-refractivity contribution >= 4 is 23.2 Å². The third kappa shape index (κ3) is 2.98. The Hall–Kier alpha value is -2.44. The monoisotopic (exact) mass is 331 g/mol. The predicted molar refractivity (Wildman–Crippen MR) is 88.6 cm³/mol. The summed E-state index contributed by atoms with van der Waals surface area (Å²) < 4.78 is 0.